The maximum atomic E-state index is 11.0. The van der Waals surface area contributed by atoms with E-state index in [2.05, 4.69) is 4.90 Å². The van der Waals surface area contributed by atoms with Gasteiger partial charge in [0.1, 0.15) is 5.75 Å². The van der Waals surface area contributed by atoms with Gasteiger partial charge in [-0.2, -0.15) is 0 Å². The van der Waals surface area contributed by atoms with Crippen LogP contribution in [0.1, 0.15) is 20.8 Å². The Morgan fingerprint density at radius 3 is 2.44 bits per heavy atom. The molecule has 100 valence electrons. The van der Waals surface area contributed by atoms with E-state index in [9.17, 15) is 4.79 Å². The maximum absolute atomic E-state index is 11.0. The molecular weight excluding hydrogens is 230 g/mol. The van der Waals surface area contributed by atoms with Crippen LogP contribution in [0.3, 0.4) is 0 Å². The summed E-state index contributed by atoms with van der Waals surface area (Å²) >= 11 is 0. The first-order valence-corrected chi connectivity index (χ1v) is 6.09. The minimum absolute atomic E-state index is 0.211. The van der Waals surface area contributed by atoms with E-state index in [0.29, 0.717) is 6.54 Å². The molecule has 4 heteroatoms. The Kier molecular flexibility index (Phi) is 5.01. The molecule has 0 aromatic heterocycles. The van der Waals surface area contributed by atoms with Crippen molar-refractivity contribution in [3.63, 3.8) is 0 Å². The summed E-state index contributed by atoms with van der Waals surface area (Å²) in [6.45, 7) is 6.27. The highest BCUT2D eigenvalue weighted by Crippen LogP contribution is 2.29. The van der Waals surface area contributed by atoms with Crippen LogP contribution in [-0.4, -0.2) is 30.8 Å². The zero-order chi connectivity index (χ0) is 13.7. The number of benzene rings is 1. The fourth-order valence-electron chi connectivity index (χ4n) is 1.83. The predicted molar refractivity (Wildman–Crippen MR) is 72.3 cm³/mol. The molecule has 1 rings (SSSR count). The number of carboxylic acids is 1. The molecule has 0 fully saturated rings. The summed E-state index contributed by atoms with van der Waals surface area (Å²) in [5.41, 5.74) is 0.933. The zero-order valence-corrected chi connectivity index (χ0v) is 11.4. The van der Waals surface area contributed by atoms with Crippen molar-refractivity contribution in [2.75, 3.05) is 18.6 Å². The Morgan fingerprint density at radius 1 is 1.33 bits per heavy atom. The van der Waals surface area contributed by atoms with Crippen LogP contribution in [0.15, 0.2) is 24.3 Å². The van der Waals surface area contributed by atoms with Crippen LogP contribution in [-0.2, 0) is 4.79 Å². The molecule has 18 heavy (non-hydrogen) atoms. The van der Waals surface area contributed by atoms with Gasteiger partial charge in [-0.05, 0) is 26.0 Å². The normalized spacial score (nSPS) is 12.3. The zero-order valence-electron chi connectivity index (χ0n) is 11.4. The lowest BCUT2D eigenvalue weighted by Gasteiger charge is -2.31. The number of aliphatic carboxylic acids is 1. The van der Waals surface area contributed by atoms with E-state index < -0.39 is 11.9 Å². The van der Waals surface area contributed by atoms with Crippen LogP contribution in [0, 0.1) is 5.92 Å². The first-order valence-electron chi connectivity index (χ1n) is 6.09. The largest absolute Gasteiger partial charge is 0.495 e. The first-order chi connectivity index (χ1) is 8.47. The van der Waals surface area contributed by atoms with E-state index in [-0.39, 0.29) is 6.04 Å². The van der Waals surface area contributed by atoms with Gasteiger partial charge in [0.05, 0.1) is 18.7 Å². The number of para-hydroxylation sites is 2. The van der Waals surface area contributed by atoms with Crippen molar-refractivity contribution in [1.82, 2.24) is 0 Å². The summed E-state index contributed by atoms with van der Waals surface area (Å²) in [5, 5.41) is 9.03. The standard InChI is InChI=1S/C14H21NO3/c1-10(2)15(9-11(3)14(16)17)12-7-5-6-8-13(12)18-4/h5-8,10-11H,9H2,1-4H3,(H,16,17). The number of nitrogens with zero attached hydrogens (tertiary/aromatic N) is 1. The van der Waals surface area contributed by atoms with E-state index >= 15 is 0 Å². The Bertz CT molecular complexity index is 404. The Morgan fingerprint density at radius 2 is 1.94 bits per heavy atom. The molecule has 0 heterocycles. The number of carbonyl (C=O) groups is 1. The molecule has 0 aliphatic rings. The maximum Gasteiger partial charge on any atom is 0.308 e. The van der Waals surface area contributed by atoms with Crippen molar-refractivity contribution < 1.29 is 14.6 Å². The second-order valence-electron chi connectivity index (χ2n) is 4.66. The van der Waals surface area contributed by atoms with Crippen LogP contribution in [0.4, 0.5) is 5.69 Å². The number of ether oxygens (including phenoxy) is 1. The summed E-state index contributed by atoms with van der Waals surface area (Å²) in [4.78, 5) is 13.0. The van der Waals surface area contributed by atoms with Crippen molar-refractivity contribution in [2.45, 2.75) is 26.8 Å². The fraction of sp³-hybridized carbons (Fsp3) is 0.500. The van der Waals surface area contributed by atoms with Crippen molar-refractivity contribution in [3.05, 3.63) is 24.3 Å². The summed E-state index contributed by atoms with van der Waals surface area (Å²) in [7, 11) is 1.62. The molecule has 1 aromatic carbocycles. The van der Waals surface area contributed by atoms with Gasteiger partial charge in [0.25, 0.3) is 0 Å². The summed E-state index contributed by atoms with van der Waals surface area (Å²) in [6.07, 6.45) is 0. The van der Waals surface area contributed by atoms with E-state index in [1.54, 1.807) is 14.0 Å². The summed E-state index contributed by atoms with van der Waals surface area (Å²) in [6, 6.07) is 7.88. The number of hydrogen-bond acceptors (Lipinski definition) is 3. The van der Waals surface area contributed by atoms with Crippen molar-refractivity contribution >= 4 is 11.7 Å². The fourth-order valence-corrected chi connectivity index (χ4v) is 1.83. The highest BCUT2D eigenvalue weighted by molar-refractivity contribution is 5.71. The number of methoxy groups -OCH3 is 1. The molecule has 1 unspecified atom stereocenters. The number of rotatable bonds is 6. The molecule has 0 aliphatic heterocycles. The molecule has 0 aliphatic carbocycles. The SMILES string of the molecule is COc1ccccc1N(CC(C)C(=O)O)C(C)C. The van der Waals surface area contributed by atoms with E-state index in [4.69, 9.17) is 9.84 Å². The number of hydrogen-bond donors (Lipinski definition) is 1. The lowest BCUT2D eigenvalue weighted by atomic mass is 10.1. The Labute approximate surface area is 108 Å². The van der Waals surface area contributed by atoms with Crippen molar-refractivity contribution in [3.8, 4) is 5.75 Å². The predicted octanol–water partition coefficient (Wildman–Crippen LogP) is 2.63. The third kappa shape index (κ3) is 3.39. The highest BCUT2D eigenvalue weighted by atomic mass is 16.5. The highest BCUT2D eigenvalue weighted by Gasteiger charge is 2.20. The van der Waals surface area contributed by atoms with Gasteiger partial charge in [0, 0.05) is 12.6 Å². The van der Waals surface area contributed by atoms with Crippen LogP contribution in [0.2, 0.25) is 0 Å². The topological polar surface area (TPSA) is 49.8 Å². The minimum Gasteiger partial charge on any atom is -0.495 e. The van der Waals surface area contributed by atoms with Crippen LogP contribution in [0.5, 0.6) is 5.75 Å². The van der Waals surface area contributed by atoms with Gasteiger partial charge in [0.15, 0.2) is 0 Å². The lowest BCUT2D eigenvalue weighted by Crippen LogP contribution is -2.37. The van der Waals surface area contributed by atoms with Gasteiger partial charge in [-0.25, -0.2) is 0 Å². The average molecular weight is 251 g/mol. The first kappa shape index (κ1) is 14.4. The molecule has 0 radical (unpaired) electrons. The third-order valence-corrected chi connectivity index (χ3v) is 2.91. The van der Waals surface area contributed by atoms with Gasteiger partial charge in [-0.15, -0.1) is 0 Å². The van der Waals surface area contributed by atoms with Gasteiger partial charge in [-0.3, -0.25) is 4.79 Å². The molecule has 1 aromatic rings. The molecule has 1 atom stereocenters. The second kappa shape index (κ2) is 6.28. The van der Waals surface area contributed by atoms with Gasteiger partial charge < -0.3 is 14.7 Å². The van der Waals surface area contributed by atoms with E-state index in [1.807, 2.05) is 38.1 Å². The molecule has 0 amide bonds. The monoisotopic (exact) mass is 251 g/mol. The lowest BCUT2D eigenvalue weighted by molar-refractivity contribution is -0.140. The molecule has 0 bridgehead atoms. The second-order valence-corrected chi connectivity index (χ2v) is 4.66. The summed E-state index contributed by atoms with van der Waals surface area (Å²) in [5.74, 6) is -0.434. The van der Waals surface area contributed by atoms with Crippen molar-refractivity contribution in [1.29, 1.82) is 0 Å². The molecule has 0 spiro atoms. The molecule has 0 saturated carbocycles. The smallest absolute Gasteiger partial charge is 0.308 e. The Balaban J connectivity index is 3.01. The molecule has 4 nitrogen and oxygen atoms in total. The molecule has 1 N–H and O–H groups in total. The van der Waals surface area contributed by atoms with Crippen LogP contribution in [0.25, 0.3) is 0 Å². The third-order valence-electron chi connectivity index (χ3n) is 2.91. The number of anilines is 1. The molecular formula is C14H21NO3. The average Bonchev–Trinajstić information content (AvgIpc) is 2.35. The van der Waals surface area contributed by atoms with Gasteiger partial charge in [0.2, 0.25) is 0 Å². The number of carboxylic acid groups (broad SMARTS) is 1. The van der Waals surface area contributed by atoms with Crippen molar-refractivity contribution in [2.24, 2.45) is 5.92 Å². The molecule has 0 saturated heterocycles. The van der Waals surface area contributed by atoms with Gasteiger partial charge >= 0.3 is 5.97 Å². The summed E-state index contributed by atoms with van der Waals surface area (Å²) < 4.78 is 5.33. The van der Waals surface area contributed by atoms with E-state index in [0.717, 1.165) is 11.4 Å². The quantitative estimate of drug-likeness (QED) is 0.844. The van der Waals surface area contributed by atoms with Crippen LogP contribution >= 0.6 is 0 Å². The Hall–Kier alpha value is -1.71. The minimum atomic E-state index is -0.782. The van der Waals surface area contributed by atoms with E-state index in [1.165, 1.54) is 0 Å². The van der Waals surface area contributed by atoms with Crippen LogP contribution < -0.4 is 9.64 Å². The van der Waals surface area contributed by atoms with Gasteiger partial charge in [-0.1, -0.05) is 19.1 Å².